The van der Waals surface area contributed by atoms with Gasteiger partial charge in [-0.25, -0.2) is 14.8 Å². The van der Waals surface area contributed by atoms with E-state index in [4.69, 9.17) is 5.11 Å². The van der Waals surface area contributed by atoms with Crippen molar-refractivity contribution < 1.29 is 14.7 Å². The number of fused-ring (bicyclic) bond motifs is 1. The third-order valence-electron chi connectivity index (χ3n) is 5.50. The van der Waals surface area contributed by atoms with Gasteiger partial charge in [0.15, 0.2) is 5.78 Å². The molecule has 9 nitrogen and oxygen atoms in total. The molecule has 0 aliphatic heterocycles. The Kier molecular flexibility index (Phi) is 5.03. The maximum absolute atomic E-state index is 13.2. The van der Waals surface area contributed by atoms with E-state index in [0.717, 1.165) is 25.7 Å². The number of hydrogen-bond donors (Lipinski definition) is 2. The van der Waals surface area contributed by atoms with Crippen molar-refractivity contribution in [1.82, 2.24) is 19.5 Å². The highest BCUT2D eigenvalue weighted by atomic mass is 16.4. The van der Waals surface area contributed by atoms with Crippen LogP contribution in [0.2, 0.25) is 0 Å². The molecular weight excluding hydrogens is 386 g/mol. The largest absolute Gasteiger partial charge is 0.478 e. The topological polar surface area (TPSA) is 127 Å². The van der Waals surface area contributed by atoms with Crippen molar-refractivity contribution in [2.24, 2.45) is 0 Å². The smallest absolute Gasteiger partial charge is 0.337 e. The maximum atomic E-state index is 13.2. The van der Waals surface area contributed by atoms with E-state index in [1.165, 1.54) is 25.3 Å². The molecule has 3 aromatic rings. The molecule has 0 unspecified atom stereocenters. The van der Waals surface area contributed by atoms with Gasteiger partial charge in [-0.2, -0.15) is 4.98 Å². The molecule has 3 heterocycles. The summed E-state index contributed by atoms with van der Waals surface area (Å²) in [6, 6.07) is 2.94. The van der Waals surface area contributed by atoms with Crippen LogP contribution in [0, 0.1) is 6.92 Å². The van der Waals surface area contributed by atoms with E-state index in [9.17, 15) is 14.4 Å². The molecule has 0 radical (unpaired) electrons. The summed E-state index contributed by atoms with van der Waals surface area (Å²) in [6.45, 7) is 3.14. The van der Waals surface area contributed by atoms with E-state index in [-0.39, 0.29) is 34.5 Å². The summed E-state index contributed by atoms with van der Waals surface area (Å²) >= 11 is 0. The Bertz CT molecular complexity index is 1210. The molecule has 0 aromatic carbocycles. The first-order valence-electron chi connectivity index (χ1n) is 9.76. The second-order valence-electron chi connectivity index (χ2n) is 7.46. The monoisotopic (exact) mass is 407 g/mol. The van der Waals surface area contributed by atoms with Gasteiger partial charge in [0.1, 0.15) is 11.5 Å². The predicted molar refractivity (Wildman–Crippen MR) is 111 cm³/mol. The van der Waals surface area contributed by atoms with Crippen molar-refractivity contribution in [2.75, 3.05) is 5.32 Å². The first-order valence-corrected chi connectivity index (χ1v) is 9.76. The summed E-state index contributed by atoms with van der Waals surface area (Å²) in [7, 11) is 0. The zero-order valence-electron chi connectivity index (χ0n) is 16.7. The Balaban J connectivity index is 1.83. The molecule has 154 valence electrons. The molecule has 1 aliphatic carbocycles. The number of nitrogens with one attached hydrogen (secondary N) is 1. The number of aromatic carboxylic acids is 1. The molecule has 0 saturated heterocycles. The zero-order valence-corrected chi connectivity index (χ0v) is 16.7. The van der Waals surface area contributed by atoms with Crippen molar-refractivity contribution in [3.05, 3.63) is 51.6 Å². The summed E-state index contributed by atoms with van der Waals surface area (Å²) in [5, 5.41) is 12.6. The van der Waals surface area contributed by atoms with Crippen LogP contribution >= 0.6 is 0 Å². The third-order valence-corrected chi connectivity index (χ3v) is 5.50. The molecule has 3 aromatic heterocycles. The first kappa shape index (κ1) is 19.7. The Morgan fingerprint density at radius 1 is 1.17 bits per heavy atom. The number of carbonyl (C=O) groups is 2. The van der Waals surface area contributed by atoms with Gasteiger partial charge in [-0.3, -0.25) is 14.2 Å². The van der Waals surface area contributed by atoms with Gasteiger partial charge in [-0.05, 0) is 44.4 Å². The number of nitrogens with zero attached hydrogens (tertiary/aromatic N) is 4. The van der Waals surface area contributed by atoms with Gasteiger partial charge in [0.2, 0.25) is 5.95 Å². The molecule has 0 amide bonds. The number of carboxylic acids is 1. The van der Waals surface area contributed by atoms with Crippen LogP contribution in [-0.2, 0) is 0 Å². The summed E-state index contributed by atoms with van der Waals surface area (Å²) in [4.78, 5) is 49.3. The summed E-state index contributed by atoms with van der Waals surface area (Å²) in [5.74, 6) is -0.713. The molecule has 4 rings (SSSR count). The molecule has 30 heavy (non-hydrogen) atoms. The van der Waals surface area contributed by atoms with Crippen LogP contribution in [0.3, 0.4) is 0 Å². The number of aryl methyl sites for hydroxylation is 1. The molecule has 1 fully saturated rings. The van der Waals surface area contributed by atoms with Gasteiger partial charge >= 0.3 is 5.97 Å². The fourth-order valence-electron chi connectivity index (χ4n) is 4.02. The second-order valence-corrected chi connectivity index (χ2v) is 7.46. The van der Waals surface area contributed by atoms with E-state index < -0.39 is 5.97 Å². The molecule has 1 saturated carbocycles. The third kappa shape index (κ3) is 3.42. The number of carbonyl (C=O) groups excluding carboxylic acids is 1. The molecule has 1 aliphatic rings. The van der Waals surface area contributed by atoms with E-state index in [1.807, 2.05) is 0 Å². The van der Waals surface area contributed by atoms with E-state index in [0.29, 0.717) is 22.4 Å². The first-order chi connectivity index (χ1) is 14.4. The van der Waals surface area contributed by atoms with Gasteiger partial charge < -0.3 is 10.4 Å². The highest BCUT2D eigenvalue weighted by Gasteiger charge is 2.25. The zero-order chi connectivity index (χ0) is 21.4. The number of Topliss-reactive ketones (excluding diaryl/α,β-unsaturated/α-hetero) is 1. The van der Waals surface area contributed by atoms with Crippen LogP contribution in [0.5, 0.6) is 0 Å². The van der Waals surface area contributed by atoms with Gasteiger partial charge in [0, 0.05) is 23.8 Å². The minimum atomic E-state index is -1.06. The van der Waals surface area contributed by atoms with E-state index in [1.54, 1.807) is 17.7 Å². The van der Waals surface area contributed by atoms with Crippen LogP contribution < -0.4 is 10.9 Å². The highest BCUT2D eigenvalue weighted by molar-refractivity contribution is 5.99. The quantitative estimate of drug-likeness (QED) is 0.617. The minimum absolute atomic E-state index is 0.00516. The normalized spacial score (nSPS) is 14.2. The van der Waals surface area contributed by atoms with Gasteiger partial charge in [0.05, 0.1) is 11.1 Å². The number of aromatic nitrogens is 4. The highest BCUT2D eigenvalue weighted by Crippen LogP contribution is 2.32. The van der Waals surface area contributed by atoms with Crippen molar-refractivity contribution in [3.8, 4) is 0 Å². The lowest BCUT2D eigenvalue weighted by Gasteiger charge is -2.19. The van der Waals surface area contributed by atoms with Crippen molar-refractivity contribution in [3.63, 3.8) is 0 Å². The lowest BCUT2D eigenvalue weighted by atomic mass is 10.0. The second kappa shape index (κ2) is 7.66. The van der Waals surface area contributed by atoms with Crippen LogP contribution in [0.25, 0.3) is 11.0 Å². The Hall–Kier alpha value is -3.62. The van der Waals surface area contributed by atoms with Gasteiger partial charge in [-0.15, -0.1) is 0 Å². The van der Waals surface area contributed by atoms with E-state index in [2.05, 4.69) is 20.3 Å². The average molecular weight is 407 g/mol. The molecule has 9 heteroatoms. The maximum Gasteiger partial charge on any atom is 0.337 e. The Morgan fingerprint density at radius 2 is 1.90 bits per heavy atom. The summed E-state index contributed by atoms with van der Waals surface area (Å²) in [5.41, 5.74) is 1.00. The summed E-state index contributed by atoms with van der Waals surface area (Å²) in [6.07, 6.45) is 6.61. The lowest BCUT2D eigenvalue weighted by Crippen LogP contribution is -2.30. The Morgan fingerprint density at radius 3 is 2.50 bits per heavy atom. The molecule has 0 spiro atoms. The predicted octanol–water partition coefficient (Wildman–Crippen LogP) is 3.25. The number of hydrogen-bond acceptors (Lipinski definition) is 7. The fourth-order valence-corrected chi connectivity index (χ4v) is 4.02. The number of anilines is 2. The van der Waals surface area contributed by atoms with Crippen molar-refractivity contribution >= 4 is 34.6 Å². The fraction of sp³-hybridized carbons (Fsp3) is 0.333. The Labute approximate surface area is 171 Å². The molecular formula is C21H21N5O4. The van der Waals surface area contributed by atoms with Crippen LogP contribution in [0.1, 0.15) is 64.9 Å². The average Bonchev–Trinajstić information content (AvgIpc) is 3.22. The SMILES string of the molecule is CC(=O)c1c(C)c2cnc(Nc3ccc(C(=O)O)cn3)nc2n(C2CCCC2)c1=O. The van der Waals surface area contributed by atoms with Gasteiger partial charge in [0.25, 0.3) is 5.56 Å². The van der Waals surface area contributed by atoms with Crippen molar-refractivity contribution in [2.45, 2.75) is 45.6 Å². The lowest BCUT2D eigenvalue weighted by molar-refractivity contribution is 0.0696. The van der Waals surface area contributed by atoms with Gasteiger partial charge in [-0.1, -0.05) is 12.8 Å². The van der Waals surface area contributed by atoms with Crippen LogP contribution in [0.4, 0.5) is 11.8 Å². The standard InChI is InChI=1S/C21H21N5O4/c1-11-15-10-23-21(24-16-8-7-13(9-22-16)20(29)30)25-18(15)26(14-5-3-4-6-14)19(28)17(11)12(2)27/h7-10,14H,3-6H2,1-2H3,(H,29,30)(H,22,23,24,25). The molecule has 0 bridgehead atoms. The number of carboxylic acid groups (broad SMARTS) is 1. The molecule has 2 N–H and O–H groups in total. The number of pyridine rings is 2. The molecule has 0 atom stereocenters. The van der Waals surface area contributed by atoms with Crippen molar-refractivity contribution in [1.29, 1.82) is 0 Å². The van der Waals surface area contributed by atoms with Crippen LogP contribution in [0.15, 0.2) is 29.3 Å². The number of ketones is 1. The summed E-state index contributed by atoms with van der Waals surface area (Å²) < 4.78 is 1.64. The minimum Gasteiger partial charge on any atom is -0.478 e. The van der Waals surface area contributed by atoms with E-state index >= 15 is 0 Å². The number of rotatable bonds is 5. The van der Waals surface area contributed by atoms with Crippen LogP contribution in [-0.4, -0.2) is 36.4 Å².